The number of amides is 3. The van der Waals surface area contributed by atoms with Gasteiger partial charge >= 0.3 is 0 Å². The Balaban J connectivity index is 2.39. The van der Waals surface area contributed by atoms with E-state index in [1.165, 1.54) is 23.6 Å². The third-order valence-electron chi connectivity index (χ3n) is 3.27. The zero-order valence-corrected chi connectivity index (χ0v) is 13.8. The molecule has 0 bridgehead atoms. The van der Waals surface area contributed by atoms with Crippen LogP contribution in [0.2, 0.25) is 0 Å². The average Bonchev–Trinajstić information content (AvgIpc) is 2.75. The lowest BCUT2D eigenvalue weighted by molar-refractivity contribution is -0.136. The van der Waals surface area contributed by atoms with Crippen LogP contribution in [-0.2, 0) is 14.4 Å². The molecule has 0 unspecified atom stereocenters. The van der Waals surface area contributed by atoms with Crippen molar-refractivity contribution in [3.8, 4) is 0 Å². The number of imide groups is 1. The smallest absolute Gasteiger partial charge is 0.267 e. The molecule has 2 N–H and O–H groups in total. The van der Waals surface area contributed by atoms with Gasteiger partial charge in [-0.25, -0.2) is 0 Å². The first-order valence-corrected chi connectivity index (χ1v) is 8.20. The van der Waals surface area contributed by atoms with Crippen molar-refractivity contribution in [1.29, 1.82) is 0 Å². The number of nitrogens with zero attached hydrogens (tertiary/aromatic N) is 1. The first kappa shape index (κ1) is 17.2. The van der Waals surface area contributed by atoms with Crippen molar-refractivity contribution in [1.82, 2.24) is 4.90 Å². The van der Waals surface area contributed by atoms with E-state index in [1.807, 2.05) is 0 Å². The number of carbonyl (C=O) groups excluding carboxylic acids is 3. The average molecular weight is 334 g/mol. The van der Waals surface area contributed by atoms with Crippen molar-refractivity contribution in [2.75, 3.05) is 24.2 Å². The van der Waals surface area contributed by atoms with Crippen LogP contribution in [0.5, 0.6) is 0 Å². The van der Waals surface area contributed by atoms with Gasteiger partial charge < -0.3 is 10.4 Å². The first-order valence-electron chi connectivity index (χ1n) is 7.21. The molecule has 7 heteroatoms. The van der Waals surface area contributed by atoms with Crippen molar-refractivity contribution in [2.24, 2.45) is 0 Å². The van der Waals surface area contributed by atoms with Crippen molar-refractivity contribution in [3.05, 3.63) is 34.7 Å². The summed E-state index contributed by atoms with van der Waals surface area (Å²) < 4.78 is 0. The SMILES string of the molecule is CCN1C(=O)C(SCCO)=C(c2ccc(NC(C)=O)cc2)C1=O. The van der Waals surface area contributed by atoms with E-state index >= 15 is 0 Å². The van der Waals surface area contributed by atoms with Crippen LogP contribution in [0.25, 0.3) is 5.57 Å². The van der Waals surface area contributed by atoms with Crippen LogP contribution in [0.4, 0.5) is 5.69 Å². The molecule has 23 heavy (non-hydrogen) atoms. The molecule has 1 aliphatic heterocycles. The highest BCUT2D eigenvalue weighted by Gasteiger charge is 2.37. The molecule has 3 amide bonds. The summed E-state index contributed by atoms with van der Waals surface area (Å²) in [5.41, 5.74) is 1.59. The predicted molar refractivity (Wildman–Crippen MR) is 89.6 cm³/mol. The van der Waals surface area contributed by atoms with E-state index in [2.05, 4.69) is 5.32 Å². The third-order valence-corrected chi connectivity index (χ3v) is 4.33. The highest BCUT2D eigenvalue weighted by molar-refractivity contribution is 8.04. The summed E-state index contributed by atoms with van der Waals surface area (Å²) in [4.78, 5) is 37.4. The van der Waals surface area contributed by atoms with Gasteiger partial charge in [-0.2, -0.15) is 0 Å². The Morgan fingerprint density at radius 2 is 1.87 bits per heavy atom. The number of aliphatic hydroxyl groups excluding tert-OH is 1. The van der Waals surface area contributed by atoms with Crippen LogP contribution in [0.15, 0.2) is 29.2 Å². The number of aliphatic hydroxyl groups is 1. The molecular formula is C16H18N2O4S. The fraction of sp³-hybridized carbons (Fsp3) is 0.312. The van der Waals surface area contributed by atoms with Gasteiger partial charge in [-0.15, -0.1) is 11.8 Å². The number of carbonyl (C=O) groups is 3. The maximum Gasteiger partial charge on any atom is 0.267 e. The molecule has 0 spiro atoms. The van der Waals surface area contributed by atoms with Gasteiger partial charge in [0.2, 0.25) is 5.91 Å². The summed E-state index contributed by atoms with van der Waals surface area (Å²) in [6, 6.07) is 6.77. The summed E-state index contributed by atoms with van der Waals surface area (Å²) >= 11 is 1.18. The molecule has 1 aromatic carbocycles. The Bertz CT molecular complexity index is 667. The fourth-order valence-electron chi connectivity index (χ4n) is 2.30. The molecule has 0 aliphatic carbocycles. The lowest BCUT2D eigenvalue weighted by Gasteiger charge is -2.11. The number of hydrogen-bond acceptors (Lipinski definition) is 5. The van der Waals surface area contributed by atoms with Crippen LogP contribution < -0.4 is 5.32 Å². The number of hydrogen-bond donors (Lipinski definition) is 2. The topological polar surface area (TPSA) is 86.7 Å². The summed E-state index contributed by atoms with van der Waals surface area (Å²) in [6.07, 6.45) is 0. The Morgan fingerprint density at radius 1 is 1.22 bits per heavy atom. The maximum atomic E-state index is 12.5. The van der Waals surface area contributed by atoms with Crippen LogP contribution in [-0.4, -0.2) is 46.6 Å². The Morgan fingerprint density at radius 3 is 2.39 bits per heavy atom. The van der Waals surface area contributed by atoms with Crippen molar-refractivity contribution in [3.63, 3.8) is 0 Å². The van der Waals surface area contributed by atoms with E-state index in [-0.39, 0.29) is 24.3 Å². The molecule has 122 valence electrons. The molecule has 0 saturated heterocycles. The Kier molecular flexibility index (Phi) is 5.57. The van der Waals surface area contributed by atoms with Gasteiger partial charge in [0, 0.05) is 24.9 Å². The quantitative estimate of drug-likeness (QED) is 0.769. The molecule has 0 saturated carbocycles. The van der Waals surface area contributed by atoms with Gasteiger partial charge in [-0.05, 0) is 24.6 Å². The van der Waals surface area contributed by atoms with Crippen LogP contribution in [0.3, 0.4) is 0 Å². The van der Waals surface area contributed by atoms with Crippen LogP contribution in [0, 0.1) is 0 Å². The van der Waals surface area contributed by atoms with Crippen molar-refractivity contribution < 1.29 is 19.5 Å². The van der Waals surface area contributed by atoms with E-state index in [1.54, 1.807) is 31.2 Å². The van der Waals surface area contributed by atoms with E-state index in [0.717, 1.165) is 0 Å². The normalized spacial score (nSPS) is 14.7. The Labute approximate surface area is 138 Å². The molecule has 1 aliphatic rings. The second kappa shape index (κ2) is 7.43. The number of rotatable bonds is 6. The molecular weight excluding hydrogens is 316 g/mol. The molecule has 0 atom stereocenters. The number of benzene rings is 1. The molecule has 1 aromatic rings. The van der Waals surface area contributed by atoms with Gasteiger partial charge in [0.15, 0.2) is 0 Å². The highest BCUT2D eigenvalue weighted by Crippen LogP contribution is 2.36. The standard InChI is InChI=1S/C16H18N2O4S/c1-3-18-15(21)13(14(16(18)22)23-9-8-19)11-4-6-12(7-5-11)17-10(2)20/h4-7,19H,3,8-9H2,1-2H3,(H,17,20). The second-order valence-electron chi connectivity index (χ2n) is 4.89. The molecule has 6 nitrogen and oxygen atoms in total. The fourth-order valence-corrected chi connectivity index (χ4v) is 3.18. The highest BCUT2D eigenvalue weighted by atomic mass is 32.2. The zero-order valence-electron chi connectivity index (χ0n) is 13.0. The predicted octanol–water partition coefficient (Wildman–Crippen LogP) is 1.47. The lowest BCUT2D eigenvalue weighted by Crippen LogP contribution is -2.31. The van der Waals surface area contributed by atoms with Crippen molar-refractivity contribution >= 4 is 40.7 Å². The van der Waals surface area contributed by atoms with Gasteiger partial charge in [-0.1, -0.05) is 12.1 Å². The molecule has 0 fully saturated rings. The largest absolute Gasteiger partial charge is 0.396 e. The molecule has 0 aromatic heterocycles. The zero-order chi connectivity index (χ0) is 17.0. The summed E-state index contributed by atoms with van der Waals surface area (Å²) in [6.45, 7) is 3.39. The number of likely N-dealkylation sites (N-methyl/N-ethyl adjacent to an activating group) is 1. The van der Waals surface area contributed by atoms with Crippen LogP contribution >= 0.6 is 11.8 Å². The first-order chi connectivity index (χ1) is 11.0. The molecule has 2 rings (SSSR count). The lowest BCUT2D eigenvalue weighted by atomic mass is 10.1. The minimum atomic E-state index is -0.329. The van der Waals surface area contributed by atoms with E-state index in [0.29, 0.717) is 34.0 Å². The minimum absolute atomic E-state index is 0.0729. The molecule has 1 heterocycles. The number of thioether (sulfide) groups is 1. The van der Waals surface area contributed by atoms with Gasteiger partial charge in [-0.3, -0.25) is 19.3 Å². The Hall–Kier alpha value is -2.12. The number of nitrogens with one attached hydrogen (secondary N) is 1. The molecule has 0 radical (unpaired) electrons. The summed E-state index contributed by atoms with van der Waals surface area (Å²) in [7, 11) is 0. The minimum Gasteiger partial charge on any atom is -0.396 e. The van der Waals surface area contributed by atoms with Crippen LogP contribution in [0.1, 0.15) is 19.4 Å². The number of anilines is 1. The summed E-state index contributed by atoms with van der Waals surface area (Å²) in [5.74, 6) is -0.484. The van der Waals surface area contributed by atoms with Gasteiger partial charge in [0.25, 0.3) is 11.8 Å². The third kappa shape index (κ3) is 3.62. The van der Waals surface area contributed by atoms with Crippen molar-refractivity contribution in [2.45, 2.75) is 13.8 Å². The van der Waals surface area contributed by atoms with E-state index in [4.69, 9.17) is 5.11 Å². The second-order valence-corrected chi connectivity index (χ2v) is 5.99. The van der Waals surface area contributed by atoms with Gasteiger partial charge in [0.1, 0.15) is 0 Å². The monoisotopic (exact) mass is 334 g/mol. The van der Waals surface area contributed by atoms with Gasteiger partial charge in [0.05, 0.1) is 17.1 Å². The van der Waals surface area contributed by atoms with E-state index in [9.17, 15) is 14.4 Å². The van der Waals surface area contributed by atoms with E-state index < -0.39 is 0 Å². The maximum absolute atomic E-state index is 12.5. The summed E-state index contributed by atoms with van der Waals surface area (Å²) in [5, 5.41) is 11.6.